The van der Waals surface area contributed by atoms with Crippen LogP contribution in [-0.2, 0) is 0 Å². The van der Waals surface area contributed by atoms with Crippen molar-refractivity contribution in [2.24, 2.45) is 5.92 Å². The number of likely N-dealkylation sites (N-methyl/N-ethyl adjacent to an activating group) is 1. The Morgan fingerprint density at radius 2 is 2.50 bits per heavy atom. The summed E-state index contributed by atoms with van der Waals surface area (Å²) in [6.45, 7) is 1.14. The molecule has 1 aromatic heterocycles. The molecule has 2 rings (SSSR count). The molecule has 0 spiro atoms. The van der Waals surface area contributed by atoms with Crippen molar-refractivity contribution >= 4 is 11.3 Å². The van der Waals surface area contributed by atoms with Crippen molar-refractivity contribution in [1.82, 2.24) is 5.32 Å². The summed E-state index contributed by atoms with van der Waals surface area (Å²) in [6, 6.07) is 4.43. The number of hydrogen-bond donors (Lipinski definition) is 1. The third kappa shape index (κ3) is 1.70. The molecule has 1 unspecified atom stereocenters. The second kappa shape index (κ2) is 3.58. The SMILES string of the molecule is CNCC(c1cccs1)C1CC1. The van der Waals surface area contributed by atoms with E-state index in [1.165, 1.54) is 12.8 Å². The second-order valence-electron chi connectivity index (χ2n) is 3.52. The van der Waals surface area contributed by atoms with Gasteiger partial charge in [0.05, 0.1) is 0 Å². The van der Waals surface area contributed by atoms with E-state index in [2.05, 4.69) is 22.8 Å². The van der Waals surface area contributed by atoms with E-state index in [0.717, 1.165) is 18.4 Å². The van der Waals surface area contributed by atoms with Crippen molar-refractivity contribution in [3.8, 4) is 0 Å². The normalized spacial score (nSPS) is 19.4. The van der Waals surface area contributed by atoms with Crippen molar-refractivity contribution in [2.75, 3.05) is 13.6 Å². The second-order valence-corrected chi connectivity index (χ2v) is 4.50. The first-order valence-electron chi connectivity index (χ1n) is 4.60. The van der Waals surface area contributed by atoms with Crippen molar-refractivity contribution < 1.29 is 0 Å². The topological polar surface area (TPSA) is 12.0 Å². The van der Waals surface area contributed by atoms with Gasteiger partial charge in [-0.05, 0) is 37.3 Å². The van der Waals surface area contributed by atoms with Gasteiger partial charge in [-0.1, -0.05) is 6.07 Å². The molecule has 1 saturated carbocycles. The van der Waals surface area contributed by atoms with Crippen molar-refractivity contribution in [3.63, 3.8) is 0 Å². The van der Waals surface area contributed by atoms with E-state index in [9.17, 15) is 0 Å². The molecule has 0 aliphatic heterocycles. The minimum absolute atomic E-state index is 0.787. The highest BCUT2D eigenvalue weighted by Crippen LogP contribution is 2.43. The number of hydrogen-bond acceptors (Lipinski definition) is 2. The zero-order valence-corrected chi connectivity index (χ0v) is 8.23. The zero-order chi connectivity index (χ0) is 8.39. The number of thiophene rings is 1. The van der Waals surface area contributed by atoms with Gasteiger partial charge in [0.25, 0.3) is 0 Å². The fourth-order valence-corrected chi connectivity index (χ4v) is 2.64. The molecule has 66 valence electrons. The van der Waals surface area contributed by atoms with Gasteiger partial charge in [-0.3, -0.25) is 0 Å². The van der Waals surface area contributed by atoms with E-state index in [1.54, 1.807) is 4.88 Å². The highest BCUT2D eigenvalue weighted by Gasteiger charge is 2.32. The van der Waals surface area contributed by atoms with Gasteiger partial charge in [0.2, 0.25) is 0 Å². The summed E-state index contributed by atoms with van der Waals surface area (Å²) in [5.41, 5.74) is 0. The Bertz CT molecular complexity index is 226. The molecule has 2 heteroatoms. The Kier molecular flexibility index (Phi) is 2.47. The summed E-state index contributed by atoms with van der Waals surface area (Å²) in [6.07, 6.45) is 2.87. The molecular formula is C10H15NS. The van der Waals surface area contributed by atoms with E-state index in [-0.39, 0.29) is 0 Å². The zero-order valence-electron chi connectivity index (χ0n) is 7.42. The van der Waals surface area contributed by atoms with Crippen LogP contribution in [-0.4, -0.2) is 13.6 Å². The van der Waals surface area contributed by atoms with Gasteiger partial charge in [-0.15, -0.1) is 11.3 Å². The van der Waals surface area contributed by atoms with Gasteiger partial charge in [0.1, 0.15) is 0 Å². The predicted molar refractivity (Wildman–Crippen MR) is 53.7 cm³/mol. The average molecular weight is 181 g/mol. The molecule has 0 aromatic carbocycles. The van der Waals surface area contributed by atoms with Crippen LogP contribution in [0.15, 0.2) is 17.5 Å². The quantitative estimate of drug-likeness (QED) is 0.752. The monoisotopic (exact) mass is 181 g/mol. The molecule has 1 fully saturated rings. The molecule has 0 saturated heterocycles. The highest BCUT2D eigenvalue weighted by molar-refractivity contribution is 7.10. The van der Waals surface area contributed by atoms with Crippen LogP contribution in [0.3, 0.4) is 0 Å². The molecule has 1 aliphatic carbocycles. The van der Waals surface area contributed by atoms with Gasteiger partial charge < -0.3 is 5.32 Å². The molecule has 1 atom stereocenters. The van der Waals surface area contributed by atoms with Crippen LogP contribution >= 0.6 is 11.3 Å². The predicted octanol–water partition coefficient (Wildman–Crippen LogP) is 2.46. The molecule has 1 nitrogen and oxygen atoms in total. The van der Waals surface area contributed by atoms with Gasteiger partial charge >= 0.3 is 0 Å². The molecule has 0 bridgehead atoms. The molecule has 1 aromatic rings. The summed E-state index contributed by atoms with van der Waals surface area (Å²) in [7, 11) is 2.04. The molecule has 1 N–H and O–H groups in total. The molecule has 12 heavy (non-hydrogen) atoms. The smallest absolute Gasteiger partial charge is 0.00916 e. The summed E-state index contributed by atoms with van der Waals surface area (Å²) >= 11 is 1.90. The summed E-state index contributed by atoms with van der Waals surface area (Å²) in [4.78, 5) is 1.56. The number of rotatable bonds is 4. The van der Waals surface area contributed by atoms with Crippen LogP contribution in [0.4, 0.5) is 0 Å². The maximum absolute atomic E-state index is 3.28. The molecule has 1 aliphatic rings. The fraction of sp³-hybridized carbons (Fsp3) is 0.600. The van der Waals surface area contributed by atoms with Gasteiger partial charge in [0, 0.05) is 17.3 Å². The van der Waals surface area contributed by atoms with Crippen LogP contribution in [0, 0.1) is 5.92 Å². The van der Waals surface area contributed by atoms with Gasteiger partial charge in [-0.2, -0.15) is 0 Å². The van der Waals surface area contributed by atoms with Gasteiger partial charge in [-0.25, -0.2) is 0 Å². The Hall–Kier alpha value is -0.340. The average Bonchev–Trinajstić information content (AvgIpc) is 2.77. The molecular weight excluding hydrogens is 166 g/mol. The first kappa shape index (κ1) is 8.27. The van der Waals surface area contributed by atoms with Crippen molar-refractivity contribution in [3.05, 3.63) is 22.4 Å². The lowest BCUT2D eigenvalue weighted by atomic mass is 10.0. The van der Waals surface area contributed by atoms with Crippen LogP contribution in [0.5, 0.6) is 0 Å². The Morgan fingerprint density at radius 3 is 3.00 bits per heavy atom. The third-order valence-electron chi connectivity index (χ3n) is 2.52. The Morgan fingerprint density at radius 1 is 1.67 bits per heavy atom. The van der Waals surface area contributed by atoms with Crippen molar-refractivity contribution in [1.29, 1.82) is 0 Å². The first-order valence-corrected chi connectivity index (χ1v) is 5.48. The fourth-order valence-electron chi connectivity index (χ4n) is 1.72. The van der Waals surface area contributed by atoms with Crippen LogP contribution in [0.1, 0.15) is 23.6 Å². The van der Waals surface area contributed by atoms with Crippen LogP contribution < -0.4 is 5.32 Å². The van der Waals surface area contributed by atoms with Gasteiger partial charge in [0.15, 0.2) is 0 Å². The Balaban J connectivity index is 2.05. The molecule has 1 heterocycles. The lowest BCUT2D eigenvalue weighted by Gasteiger charge is -2.13. The van der Waals surface area contributed by atoms with Crippen LogP contribution in [0.25, 0.3) is 0 Å². The van der Waals surface area contributed by atoms with Crippen molar-refractivity contribution in [2.45, 2.75) is 18.8 Å². The number of nitrogens with one attached hydrogen (secondary N) is 1. The van der Waals surface area contributed by atoms with E-state index < -0.39 is 0 Å². The summed E-state index contributed by atoms with van der Waals surface area (Å²) in [5.74, 6) is 1.76. The third-order valence-corrected chi connectivity index (χ3v) is 3.53. The summed E-state index contributed by atoms with van der Waals surface area (Å²) in [5, 5.41) is 5.46. The largest absolute Gasteiger partial charge is 0.319 e. The maximum Gasteiger partial charge on any atom is 0.00916 e. The summed E-state index contributed by atoms with van der Waals surface area (Å²) < 4.78 is 0. The van der Waals surface area contributed by atoms with E-state index in [1.807, 2.05) is 18.4 Å². The van der Waals surface area contributed by atoms with Crippen LogP contribution in [0.2, 0.25) is 0 Å². The van der Waals surface area contributed by atoms with E-state index in [0.29, 0.717) is 0 Å². The molecule has 0 amide bonds. The maximum atomic E-state index is 3.28. The lowest BCUT2D eigenvalue weighted by Crippen LogP contribution is -2.17. The Labute approximate surface area is 77.8 Å². The first-order chi connectivity index (χ1) is 5.92. The van der Waals surface area contributed by atoms with E-state index >= 15 is 0 Å². The van der Waals surface area contributed by atoms with E-state index in [4.69, 9.17) is 0 Å². The minimum Gasteiger partial charge on any atom is -0.319 e. The lowest BCUT2D eigenvalue weighted by molar-refractivity contribution is 0.575. The standard InChI is InChI=1S/C10H15NS/c1-11-7-9(8-4-5-8)10-3-2-6-12-10/h2-3,6,8-9,11H,4-5,7H2,1H3. The highest BCUT2D eigenvalue weighted by atomic mass is 32.1. The minimum atomic E-state index is 0.787. The molecule has 0 radical (unpaired) electrons.